The molecule has 1 aliphatic heterocycles. The van der Waals surface area contributed by atoms with Crippen LogP contribution in [0.3, 0.4) is 0 Å². The fourth-order valence-corrected chi connectivity index (χ4v) is 3.39. The molecule has 0 saturated carbocycles. The lowest BCUT2D eigenvalue weighted by Gasteiger charge is -2.14. The molecule has 3 amide bonds. The van der Waals surface area contributed by atoms with E-state index in [1.165, 1.54) is 0 Å². The zero-order valence-electron chi connectivity index (χ0n) is 15.9. The van der Waals surface area contributed by atoms with E-state index in [0.717, 1.165) is 10.6 Å². The summed E-state index contributed by atoms with van der Waals surface area (Å²) < 4.78 is 4.93. The second-order valence-corrected chi connectivity index (χ2v) is 7.07. The Hall–Kier alpha value is -3.16. The molecule has 3 rings (SSSR count). The number of carbonyl (C=O) groups excluding carboxylic acids is 4. The monoisotopic (exact) mass is 385 g/mol. The van der Waals surface area contributed by atoms with Crippen molar-refractivity contribution < 1.29 is 23.9 Å². The molecule has 2 atom stereocenters. The van der Waals surface area contributed by atoms with Crippen molar-refractivity contribution in [2.24, 2.45) is 11.8 Å². The van der Waals surface area contributed by atoms with E-state index in [1.807, 2.05) is 43.3 Å². The quantitative estimate of drug-likeness (QED) is 0.449. The summed E-state index contributed by atoms with van der Waals surface area (Å²) in [6.45, 7) is -0.950. The highest BCUT2D eigenvalue weighted by Crippen LogP contribution is 2.34. The Balaban J connectivity index is 1.47. The van der Waals surface area contributed by atoms with Gasteiger partial charge in [-0.05, 0) is 37.1 Å². The number of carbonyl (C=O) groups is 4. The maximum absolute atomic E-state index is 12.3. The number of ether oxygens (including phenoxy) is 1. The molecule has 28 heavy (non-hydrogen) atoms. The third kappa shape index (κ3) is 4.21. The molecular weight excluding hydrogens is 362 g/mol. The van der Waals surface area contributed by atoms with E-state index in [-0.39, 0.29) is 11.8 Å². The van der Waals surface area contributed by atoms with Gasteiger partial charge in [0.2, 0.25) is 11.8 Å². The molecule has 8 heteroatoms. The van der Waals surface area contributed by atoms with Gasteiger partial charge in [-0.25, -0.2) is 0 Å². The average molecular weight is 385 g/mol. The first-order valence-corrected chi connectivity index (χ1v) is 9.10. The average Bonchev–Trinajstić information content (AvgIpc) is 2.92. The number of fused-ring (bicyclic) bond motifs is 1. The lowest BCUT2D eigenvalue weighted by molar-refractivity contribution is -0.154. The van der Waals surface area contributed by atoms with Gasteiger partial charge in [-0.3, -0.25) is 24.1 Å². The fourth-order valence-electron chi connectivity index (χ4n) is 3.39. The van der Waals surface area contributed by atoms with E-state index < -0.39 is 36.9 Å². The van der Waals surface area contributed by atoms with E-state index in [4.69, 9.17) is 4.74 Å². The molecular formula is C20H23N3O5. The summed E-state index contributed by atoms with van der Waals surface area (Å²) in [5.74, 6) is -2.75. The molecule has 148 valence electrons. The highest BCUT2D eigenvalue weighted by atomic mass is 16.5. The molecule has 0 spiro atoms. The lowest BCUT2D eigenvalue weighted by Crippen LogP contribution is -2.37. The van der Waals surface area contributed by atoms with Crippen LogP contribution in [0, 0.1) is 11.8 Å². The second-order valence-electron chi connectivity index (χ2n) is 7.07. The Kier molecular flexibility index (Phi) is 5.77. The number of hydrogen-bond donors (Lipinski definition) is 1. The number of hydrogen-bond acceptors (Lipinski definition) is 6. The summed E-state index contributed by atoms with van der Waals surface area (Å²) in [6, 6.07) is 7.18. The van der Waals surface area contributed by atoms with Gasteiger partial charge in [0.15, 0.2) is 6.61 Å². The lowest BCUT2D eigenvalue weighted by atomic mass is 9.85. The number of imide groups is 1. The highest BCUT2D eigenvalue weighted by Gasteiger charge is 2.47. The maximum Gasteiger partial charge on any atom is 0.326 e. The number of nitrogens with zero attached hydrogens (tertiary/aromatic N) is 2. The zero-order chi connectivity index (χ0) is 20.3. The van der Waals surface area contributed by atoms with Crippen molar-refractivity contribution in [3.63, 3.8) is 0 Å². The molecule has 2 aliphatic rings. The molecule has 0 radical (unpaired) electrons. The number of amides is 3. The van der Waals surface area contributed by atoms with Gasteiger partial charge < -0.3 is 15.0 Å². The predicted molar refractivity (Wildman–Crippen MR) is 102 cm³/mol. The molecule has 1 N–H and O–H groups in total. The van der Waals surface area contributed by atoms with Gasteiger partial charge in [-0.2, -0.15) is 0 Å². The van der Waals surface area contributed by atoms with Crippen LogP contribution in [0.15, 0.2) is 36.4 Å². The first-order valence-electron chi connectivity index (χ1n) is 9.10. The van der Waals surface area contributed by atoms with Crippen LogP contribution in [0.2, 0.25) is 0 Å². The Bertz CT molecular complexity index is 790. The maximum atomic E-state index is 12.3. The zero-order valence-corrected chi connectivity index (χ0v) is 15.9. The minimum Gasteiger partial charge on any atom is -0.454 e. The van der Waals surface area contributed by atoms with Crippen molar-refractivity contribution in [1.82, 2.24) is 4.90 Å². The number of benzene rings is 1. The standard InChI is InChI=1S/C20H23N3O5/c1-22(2)14-9-7-13(8-10-14)21-17(24)12-28-18(25)11-23-19(26)15-5-3-4-6-16(15)20(23)27/h3-4,7-10,15-16H,5-6,11-12H2,1-2H3,(H,21,24)/t15-,16-/m0/s1. The molecule has 1 aliphatic carbocycles. The van der Waals surface area contributed by atoms with Crippen molar-refractivity contribution in [2.75, 3.05) is 37.5 Å². The molecule has 0 bridgehead atoms. The Morgan fingerprint density at radius 3 is 2.18 bits per heavy atom. The van der Waals surface area contributed by atoms with Crippen LogP contribution < -0.4 is 10.2 Å². The van der Waals surface area contributed by atoms with Gasteiger partial charge in [0.1, 0.15) is 6.54 Å². The van der Waals surface area contributed by atoms with E-state index in [0.29, 0.717) is 18.5 Å². The largest absolute Gasteiger partial charge is 0.454 e. The van der Waals surface area contributed by atoms with Crippen molar-refractivity contribution >= 4 is 35.1 Å². The van der Waals surface area contributed by atoms with Crippen LogP contribution >= 0.6 is 0 Å². The normalized spacial score (nSPS) is 20.7. The molecule has 0 aromatic heterocycles. The molecule has 0 unspecified atom stereocenters. The van der Waals surface area contributed by atoms with Gasteiger partial charge >= 0.3 is 5.97 Å². The van der Waals surface area contributed by atoms with E-state index >= 15 is 0 Å². The third-order valence-electron chi connectivity index (χ3n) is 4.92. The van der Waals surface area contributed by atoms with Crippen LogP contribution in [0.25, 0.3) is 0 Å². The summed E-state index contributed by atoms with van der Waals surface area (Å²) >= 11 is 0. The summed E-state index contributed by atoms with van der Waals surface area (Å²) in [4.78, 5) is 51.5. The topological polar surface area (TPSA) is 96.0 Å². The fraction of sp³-hybridized carbons (Fsp3) is 0.400. The number of nitrogens with one attached hydrogen (secondary N) is 1. The van der Waals surface area contributed by atoms with Gasteiger partial charge in [0.25, 0.3) is 5.91 Å². The number of esters is 1. The van der Waals surface area contributed by atoms with Crippen LogP contribution in [-0.2, 0) is 23.9 Å². The van der Waals surface area contributed by atoms with Crippen LogP contribution in [0.5, 0.6) is 0 Å². The van der Waals surface area contributed by atoms with Crippen molar-refractivity contribution in [3.8, 4) is 0 Å². The second kappa shape index (κ2) is 8.24. The van der Waals surface area contributed by atoms with E-state index in [1.54, 1.807) is 12.1 Å². The summed E-state index contributed by atoms with van der Waals surface area (Å²) in [5.41, 5.74) is 1.56. The van der Waals surface area contributed by atoms with Crippen molar-refractivity contribution in [3.05, 3.63) is 36.4 Å². The van der Waals surface area contributed by atoms with Gasteiger partial charge in [-0.15, -0.1) is 0 Å². The summed E-state index contributed by atoms with van der Waals surface area (Å²) in [5, 5.41) is 2.62. The molecule has 1 aromatic carbocycles. The number of likely N-dealkylation sites (tertiary alicyclic amines) is 1. The van der Waals surface area contributed by atoms with Gasteiger partial charge in [-0.1, -0.05) is 12.2 Å². The molecule has 1 fully saturated rings. The summed E-state index contributed by atoms with van der Waals surface area (Å²) in [6.07, 6.45) is 4.78. The van der Waals surface area contributed by atoms with Crippen LogP contribution in [0.1, 0.15) is 12.8 Å². The predicted octanol–water partition coefficient (Wildman–Crippen LogP) is 1.19. The molecule has 8 nitrogen and oxygen atoms in total. The number of allylic oxidation sites excluding steroid dienone is 2. The number of rotatable bonds is 6. The van der Waals surface area contributed by atoms with Gasteiger partial charge in [0, 0.05) is 25.5 Å². The Morgan fingerprint density at radius 1 is 1.07 bits per heavy atom. The Morgan fingerprint density at radius 2 is 1.64 bits per heavy atom. The minimum absolute atomic E-state index is 0.346. The van der Waals surface area contributed by atoms with Crippen molar-refractivity contribution in [2.45, 2.75) is 12.8 Å². The minimum atomic E-state index is -0.786. The van der Waals surface area contributed by atoms with Gasteiger partial charge in [0.05, 0.1) is 11.8 Å². The van der Waals surface area contributed by atoms with Crippen LogP contribution in [-0.4, -0.2) is 55.8 Å². The first kappa shape index (κ1) is 19.6. The van der Waals surface area contributed by atoms with Crippen molar-refractivity contribution in [1.29, 1.82) is 0 Å². The molecule has 1 heterocycles. The highest BCUT2D eigenvalue weighted by molar-refractivity contribution is 6.07. The third-order valence-corrected chi connectivity index (χ3v) is 4.92. The van der Waals surface area contributed by atoms with E-state index in [9.17, 15) is 19.2 Å². The SMILES string of the molecule is CN(C)c1ccc(NC(=O)COC(=O)CN2C(=O)[C@H]3CC=CC[C@@H]3C2=O)cc1. The molecule has 1 saturated heterocycles. The smallest absolute Gasteiger partial charge is 0.326 e. The first-order chi connectivity index (χ1) is 13.4. The van der Waals surface area contributed by atoms with Crippen LogP contribution in [0.4, 0.5) is 11.4 Å². The summed E-state index contributed by atoms with van der Waals surface area (Å²) in [7, 11) is 3.82. The number of anilines is 2. The van der Waals surface area contributed by atoms with E-state index in [2.05, 4.69) is 5.32 Å². The Labute approximate surface area is 163 Å². The molecule has 1 aromatic rings.